The molecule has 0 heterocycles. The Hall–Kier alpha value is 2.42. The van der Waals surface area contributed by atoms with Gasteiger partial charge in [0.2, 0.25) is 0 Å². The number of alkyl halides is 2. The van der Waals surface area contributed by atoms with E-state index < -0.39 is 0 Å². The minimum absolute atomic E-state index is 0. The zero-order chi connectivity index (χ0) is 24.9. The molecule has 0 aromatic carbocycles. The molecule has 4 saturated carbocycles. The third-order valence-corrected chi connectivity index (χ3v) is 10.4. The standard InChI is InChI=1S/C18H35NO.2C5H9I.C2H6.2CH4.3CH3.2Fe/c20-14-8-2-1-7-13-19(15-17-9-3-4-10-17)16-18-11-5-6-12-18;2*6-5-3-1-2-4-5;1-2;;;;;;;/h17-18,20H,1-16H2;2*5H,1-4H2;1-2H3;2*1H4;3*1H3;;/q;;;;;;3*-1;;+2. The number of aliphatic hydroxyl groups is 1. The van der Waals surface area contributed by atoms with E-state index in [0.717, 1.165) is 26.1 Å². The van der Waals surface area contributed by atoms with E-state index >= 15 is 0 Å². The molecule has 258 valence electrons. The number of rotatable bonds is 10. The summed E-state index contributed by atoms with van der Waals surface area (Å²) in [5.41, 5.74) is 0. The van der Waals surface area contributed by atoms with Crippen LogP contribution in [0.5, 0.6) is 0 Å². The van der Waals surface area contributed by atoms with Crippen molar-refractivity contribution in [3.05, 3.63) is 22.3 Å². The Balaban J connectivity index is -0.0000000931. The molecular formula is C35H76Fe2I2NO-. The summed E-state index contributed by atoms with van der Waals surface area (Å²) in [5.74, 6) is 1.99. The normalized spacial score (nSPS) is 18.0. The topological polar surface area (TPSA) is 23.5 Å². The van der Waals surface area contributed by atoms with Gasteiger partial charge in [0.15, 0.2) is 0 Å². The molecule has 4 rings (SSSR count). The molecule has 0 atom stereocenters. The molecule has 0 aliphatic heterocycles. The van der Waals surface area contributed by atoms with Gasteiger partial charge in [0.25, 0.3) is 0 Å². The van der Waals surface area contributed by atoms with E-state index in [9.17, 15) is 0 Å². The van der Waals surface area contributed by atoms with Crippen molar-refractivity contribution in [2.75, 3.05) is 26.2 Å². The van der Waals surface area contributed by atoms with Crippen molar-refractivity contribution in [3.8, 4) is 0 Å². The van der Waals surface area contributed by atoms with Crippen molar-refractivity contribution in [1.29, 1.82) is 0 Å². The molecule has 4 fully saturated rings. The number of nitrogens with zero attached hydrogens (tertiary/aromatic N) is 1. The van der Waals surface area contributed by atoms with Crippen molar-refractivity contribution >= 4 is 45.2 Å². The van der Waals surface area contributed by atoms with Crippen LogP contribution in [0.25, 0.3) is 0 Å². The quantitative estimate of drug-likeness (QED) is 0.0777. The zero-order valence-corrected chi connectivity index (χ0v) is 33.2. The third-order valence-electron chi connectivity index (χ3n) is 7.93. The Morgan fingerprint density at radius 2 is 0.854 bits per heavy atom. The number of halogens is 2. The van der Waals surface area contributed by atoms with E-state index in [1.54, 1.807) is 0 Å². The second-order valence-electron chi connectivity index (χ2n) is 11.0. The molecule has 4 aliphatic carbocycles. The SMILES string of the molecule is C.C.CC.IC1CCCC1.IC1CCCC1.OCCCCCCN(CC1CCCC1)CC1CCCC1.[CH3-].[CH3-].[CH3-].[Fe+2].[Fe]. The fourth-order valence-electron chi connectivity index (χ4n) is 5.93. The summed E-state index contributed by atoms with van der Waals surface area (Å²) in [6.45, 7) is 8.42. The molecule has 0 saturated heterocycles. The molecule has 0 amide bonds. The molecule has 0 bridgehead atoms. The Morgan fingerprint density at radius 1 is 0.561 bits per heavy atom. The van der Waals surface area contributed by atoms with Crippen LogP contribution in [-0.2, 0) is 34.1 Å². The molecule has 0 spiro atoms. The molecule has 0 unspecified atom stereocenters. The third kappa shape index (κ3) is 33.6. The van der Waals surface area contributed by atoms with Crippen LogP contribution >= 0.6 is 45.2 Å². The van der Waals surface area contributed by atoms with E-state index in [2.05, 4.69) is 50.1 Å². The second-order valence-corrected chi connectivity index (χ2v) is 14.5. The van der Waals surface area contributed by atoms with Gasteiger partial charge in [-0.1, -0.05) is 138 Å². The van der Waals surface area contributed by atoms with E-state index in [1.807, 2.05) is 13.8 Å². The van der Waals surface area contributed by atoms with Crippen LogP contribution < -0.4 is 0 Å². The molecular weight excluding hydrogens is 816 g/mol. The predicted octanol–water partition coefficient (Wildman–Crippen LogP) is 12.6. The van der Waals surface area contributed by atoms with Gasteiger partial charge in [-0.25, -0.2) is 0 Å². The van der Waals surface area contributed by atoms with Crippen LogP contribution in [0.1, 0.15) is 157 Å². The van der Waals surface area contributed by atoms with Crippen molar-refractivity contribution in [2.24, 2.45) is 11.8 Å². The number of hydrogen-bond acceptors (Lipinski definition) is 2. The summed E-state index contributed by atoms with van der Waals surface area (Å²) in [6, 6.07) is 0. The van der Waals surface area contributed by atoms with Crippen LogP contribution in [0.15, 0.2) is 0 Å². The second kappa shape index (κ2) is 42.4. The smallest absolute Gasteiger partial charge is 0.396 e. The average molecular weight is 892 g/mol. The Labute approximate surface area is 311 Å². The summed E-state index contributed by atoms with van der Waals surface area (Å²) in [5, 5.41) is 8.84. The van der Waals surface area contributed by atoms with Gasteiger partial charge in [-0.3, -0.25) is 0 Å². The van der Waals surface area contributed by atoms with Crippen molar-refractivity contribution in [2.45, 2.75) is 165 Å². The van der Waals surface area contributed by atoms with Gasteiger partial charge >= 0.3 is 17.1 Å². The first-order valence-corrected chi connectivity index (χ1v) is 17.8. The maximum Gasteiger partial charge on any atom is 2.00 e. The summed E-state index contributed by atoms with van der Waals surface area (Å²) in [7, 11) is 0. The van der Waals surface area contributed by atoms with Crippen LogP contribution in [-0.4, -0.2) is 44.1 Å². The summed E-state index contributed by atoms with van der Waals surface area (Å²) < 4.78 is 2.03. The van der Waals surface area contributed by atoms with Gasteiger partial charge in [-0.05, 0) is 82.6 Å². The fraction of sp³-hybridized carbons (Fsp3) is 0.914. The fourth-order valence-corrected chi connectivity index (χ4v) is 7.69. The zero-order valence-electron chi connectivity index (χ0n) is 26.6. The van der Waals surface area contributed by atoms with Gasteiger partial charge in [-0.15, -0.1) is 0 Å². The Morgan fingerprint density at radius 3 is 1.12 bits per heavy atom. The molecule has 4 aliphatic rings. The van der Waals surface area contributed by atoms with E-state index in [-0.39, 0.29) is 71.3 Å². The number of hydrogen-bond donors (Lipinski definition) is 1. The predicted molar refractivity (Wildman–Crippen MR) is 203 cm³/mol. The summed E-state index contributed by atoms with van der Waals surface area (Å²) in [4.78, 5) is 2.80. The molecule has 0 aromatic rings. The van der Waals surface area contributed by atoms with Gasteiger partial charge in [0.1, 0.15) is 0 Å². The van der Waals surface area contributed by atoms with Crippen molar-refractivity contribution < 1.29 is 39.2 Å². The number of unbranched alkanes of at least 4 members (excludes halogenated alkanes) is 3. The summed E-state index contributed by atoms with van der Waals surface area (Å²) >= 11 is 5.06. The Kier molecular flexibility index (Phi) is 60.9. The largest absolute Gasteiger partial charge is 2.00 e. The minimum atomic E-state index is 0. The van der Waals surface area contributed by atoms with E-state index in [1.165, 1.54) is 142 Å². The molecule has 41 heavy (non-hydrogen) atoms. The van der Waals surface area contributed by atoms with Gasteiger partial charge < -0.3 is 32.3 Å². The maximum absolute atomic E-state index is 8.84. The first-order chi connectivity index (χ1) is 16.7. The van der Waals surface area contributed by atoms with Crippen molar-refractivity contribution in [3.63, 3.8) is 0 Å². The van der Waals surface area contributed by atoms with Gasteiger partial charge in [-0.2, -0.15) is 0 Å². The monoisotopic (exact) mass is 892 g/mol. The first-order valence-electron chi connectivity index (χ1n) is 15.3. The van der Waals surface area contributed by atoms with Crippen LogP contribution in [0.4, 0.5) is 0 Å². The van der Waals surface area contributed by atoms with Gasteiger partial charge in [0, 0.05) is 44.6 Å². The molecule has 2 nitrogen and oxygen atoms in total. The number of aliphatic hydroxyl groups excluding tert-OH is 1. The van der Waals surface area contributed by atoms with Crippen LogP contribution in [0.3, 0.4) is 0 Å². The first kappa shape index (κ1) is 58.9. The molecule has 6 heteroatoms. The summed E-state index contributed by atoms with van der Waals surface area (Å²) in [6.07, 6.45) is 28.4. The van der Waals surface area contributed by atoms with Crippen LogP contribution in [0, 0.1) is 34.1 Å². The van der Waals surface area contributed by atoms with E-state index in [4.69, 9.17) is 5.11 Å². The maximum atomic E-state index is 8.84. The average Bonchev–Trinajstić information content (AvgIpc) is 3.66. The molecule has 0 radical (unpaired) electrons. The Bertz CT molecular complexity index is 392. The molecule has 1 N–H and O–H groups in total. The van der Waals surface area contributed by atoms with Crippen molar-refractivity contribution in [1.82, 2.24) is 4.90 Å². The molecule has 0 aromatic heterocycles. The minimum Gasteiger partial charge on any atom is -0.396 e. The van der Waals surface area contributed by atoms with E-state index in [0.29, 0.717) is 6.61 Å². The van der Waals surface area contributed by atoms with Gasteiger partial charge in [0.05, 0.1) is 0 Å². The van der Waals surface area contributed by atoms with Crippen LogP contribution in [0.2, 0.25) is 0 Å².